The van der Waals surface area contributed by atoms with Crippen molar-refractivity contribution >= 4 is 33.2 Å². The Morgan fingerprint density at radius 2 is 2.37 bits per heavy atom. The van der Waals surface area contributed by atoms with Gasteiger partial charge in [-0.25, -0.2) is 9.78 Å². The van der Waals surface area contributed by atoms with Gasteiger partial charge in [-0.3, -0.25) is 0 Å². The van der Waals surface area contributed by atoms with Gasteiger partial charge in [0.05, 0.1) is 23.9 Å². The van der Waals surface area contributed by atoms with Gasteiger partial charge in [0.25, 0.3) is 0 Å². The van der Waals surface area contributed by atoms with Gasteiger partial charge >= 0.3 is 5.97 Å². The van der Waals surface area contributed by atoms with Crippen LogP contribution in [-0.4, -0.2) is 17.6 Å². The second-order valence-corrected chi connectivity index (χ2v) is 5.83. The molecule has 19 heavy (non-hydrogen) atoms. The summed E-state index contributed by atoms with van der Waals surface area (Å²) in [5, 5.41) is 8.91. The lowest BCUT2D eigenvalue weighted by molar-refractivity contribution is 0.0532. The van der Waals surface area contributed by atoms with Gasteiger partial charge in [-0.1, -0.05) is 23.5 Å². The summed E-state index contributed by atoms with van der Waals surface area (Å²) in [5.74, 6) is -0.400. The molecule has 0 saturated heterocycles. The van der Waals surface area contributed by atoms with Gasteiger partial charge in [-0.05, 0) is 35.0 Å². The summed E-state index contributed by atoms with van der Waals surface area (Å²) in [6, 6.07) is 9.04. The Kier molecular flexibility index (Phi) is 4.30. The number of nitrogens with zero attached hydrogens (tertiary/aromatic N) is 2. The highest BCUT2D eigenvalue weighted by molar-refractivity contribution is 9.11. The monoisotopic (exact) mass is 336 g/mol. The van der Waals surface area contributed by atoms with E-state index in [4.69, 9.17) is 10.00 Å². The summed E-state index contributed by atoms with van der Waals surface area (Å²) in [6.07, 6.45) is 0. The molecule has 0 radical (unpaired) electrons. The van der Waals surface area contributed by atoms with E-state index in [1.54, 1.807) is 25.1 Å². The Balaban J connectivity index is 2.50. The maximum Gasteiger partial charge on any atom is 0.350 e. The normalized spacial score (nSPS) is 9.95. The SMILES string of the molecule is CCOC(=O)c1sc(Br)nc1-c1cccc(C#N)c1. The first-order valence-corrected chi connectivity index (χ1v) is 7.10. The lowest BCUT2D eigenvalue weighted by Gasteiger charge is -2.02. The largest absolute Gasteiger partial charge is 0.462 e. The molecule has 1 heterocycles. The fourth-order valence-electron chi connectivity index (χ4n) is 1.56. The molecule has 1 aromatic carbocycles. The number of carbonyl (C=O) groups excluding carboxylic acids is 1. The maximum absolute atomic E-state index is 11.9. The first kappa shape index (κ1) is 13.7. The number of thiazole rings is 1. The first-order valence-electron chi connectivity index (χ1n) is 5.49. The number of nitriles is 1. The molecule has 0 bridgehead atoms. The average Bonchev–Trinajstić information content (AvgIpc) is 2.81. The molecular weight excluding hydrogens is 328 g/mol. The highest BCUT2D eigenvalue weighted by Crippen LogP contribution is 2.32. The van der Waals surface area contributed by atoms with Crippen LogP contribution in [-0.2, 0) is 4.74 Å². The molecule has 2 rings (SSSR count). The smallest absolute Gasteiger partial charge is 0.350 e. The van der Waals surface area contributed by atoms with Gasteiger partial charge in [-0.2, -0.15) is 5.26 Å². The van der Waals surface area contributed by atoms with Crippen LogP contribution in [0.25, 0.3) is 11.3 Å². The second kappa shape index (κ2) is 5.95. The summed E-state index contributed by atoms with van der Waals surface area (Å²) < 4.78 is 5.61. The van der Waals surface area contributed by atoms with E-state index < -0.39 is 5.97 Å². The molecule has 0 aliphatic carbocycles. The summed E-state index contributed by atoms with van der Waals surface area (Å²) >= 11 is 4.49. The molecule has 0 amide bonds. The highest BCUT2D eigenvalue weighted by Gasteiger charge is 2.19. The minimum atomic E-state index is -0.400. The van der Waals surface area contributed by atoms with Gasteiger partial charge in [0, 0.05) is 5.56 Å². The Hall–Kier alpha value is -1.71. The number of hydrogen-bond acceptors (Lipinski definition) is 5. The van der Waals surface area contributed by atoms with E-state index >= 15 is 0 Å². The third kappa shape index (κ3) is 3.00. The molecular formula is C13H9BrN2O2S. The Morgan fingerprint density at radius 3 is 3.05 bits per heavy atom. The van der Waals surface area contributed by atoms with Gasteiger partial charge in [-0.15, -0.1) is 0 Å². The van der Waals surface area contributed by atoms with E-state index in [0.29, 0.717) is 26.7 Å². The topological polar surface area (TPSA) is 63.0 Å². The molecule has 0 spiro atoms. The first-order chi connectivity index (χ1) is 9.15. The zero-order chi connectivity index (χ0) is 13.8. The van der Waals surface area contributed by atoms with Crippen LogP contribution < -0.4 is 0 Å². The fourth-order valence-corrected chi connectivity index (χ4v) is 2.93. The summed E-state index contributed by atoms with van der Waals surface area (Å²) in [5.41, 5.74) is 1.79. The average molecular weight is 337 g/mol. The van der Waals surface area contributed by atoms with Crippen LogP contribution in [0.2, 0.25) is 0 Å². The van der Waals surface area contributed by atoms with Crippen LogP contribution in [0.5, 0.6) is 0 Å². The molecule has 1 aromatic heterocycles. The quantitative estimate of drug-likeness (QED) is 0.803. The highest BCUT2D eigenvalue weighted by atomic mass is 79.9. The van der Waals surface area contributed by atoms with Crippen LogP contribution in [0, 0.1) is 11.3 Å². The van der Waals surface area contributed by atoms with Crippen molar-refractivity contribution in [3.8, 4) is 17.3 Å². The third-order valence-corrected chi connectivity index (χ3v) is 3.81. The molecule has 4 nitrogen and oxygen atoms in total. The van der Waals surface area contributed by atoms with Gasteiger partial charge < -0.3 is 4.74 Å². The number of ether oxygens (including phenoxy) is 1. The molecule has 0 aliphatic heterocycles. The van der Waals surface area contributed by atoms with Crippen molar-refractivity contribution in [3.05, 3.63) is 38.6 Å². The van der Waals surface area contributed by atoms with Crippen molar-refractivity contribution < 1.29 is 9.53 Å². The predicted octanol–water partition coefficient (Wildman–Crippen LogP) is 3.62. The van der Waals surface area contributed by atoms with Gasteiger partial charge in [0.15, 0.2) is 3.92 Å². The van der Waals surface area contributed by atoms with Gasteiger partial charge in [0.1, 0.15) is 4.88 Å². The minimum absolute atomic E-state index is 0.312. The Bertz CT molecular complexity index is 661. The molecule has 0 unspecified atom stereocenters. The molecule has 0 N–H and O–H groups in total. The van der Waals surface area contributed by atoms with E-state index in [2.05, 4.69) is 27.0 Å². The van der Waals surface area contributed by atoms with Crippen molar-refractivity contribution in [1.29, 1.82) is 5.26 Å². The number of rotatable bonds is 3. The van der Waals surface area contributed by atoms with Crippen molar-refractivity contribution in [1.82, 2.24) is 4.98 Å². The predicted molar refractivity (Wildman–Crippen MR) is 75.9 cm³/mol. The van der Waals surface area contributed by atoms with Crippen LogP contribution in [0.1, 0.15) is 22.2 Å². The standard InChI is InChI=1S/C13H9BrN2O2S/c1-2-18-12(17)11-10(16-13(14)19-11)9-5-3-4-8(6-9)7-15/h3-6H,2H2,1H3. The fraction of sp³-hybridized carbons (Fsp3) is 0.154. The third-order valence-electron chi connectivity index (χ3n) is 2.33. The number of carbonyl (C=O) groups is 1. The van der Waals surface area contributed by atoms with E-state index in [0.717, 1.165) is 5.56 Å². The molecule has 0 fully saturated rings. The number of benzene rings is 1. The minimum Gasteiger partial charge on any atom is -0.462 e. The van der Waals surface area contributed by atoms with E-state index in [9.17, 15) is 4.79 Å². The van der Waals surface area contributed by atoms with Crippen molar-refractivity contribution in [3.63, 3.8) is 0 Å². The summed E-state index contributed by atoms with van der Waals surface area (Å²) in [7, 11) is 0. The van der Waals surface area contributed by atoms with Crippen molar-refractivity contribution in [2.75, 3.05) is 6.61 Å². The lowest BCUT2D eigenvalue weighted by atomic mass is 10.1. The Labute approximate surface area is 122 Å². The number of esters is 1. The zero-order valence-corrected chi connectivity index (χ0v) is 12.4. The van der Waals surface area contributed by atoms with E-state index in [-0.39, 0.29) is 0 Å². The van der Waals surface area contributed by atoms with Gasteiger partial charge in [0.2, 0.25) is 0 Å². The molecule has 96 valence electrons. The molecule has 6 heteroatoms. The Morgan fingerprint density at radius 1 is 1.58 bits per heavy atom. The summed E-state index contributed by atoms with van der Waals surface area (Å²) in [4.78, 5) is 16.6. The number of hydrogen-bond donors (Lipinski definition) is 0. The van der Waals surface area contributed by atoms with E-state index in [1.807, 2.05) is 6.07 Å². The number of aromatic nitrogens is 1. The molecule has 0 atom stereocenters. The number of halogens is 1. The van der Waals surface area contributed by atoms with E-state index in [1.165, 1.54) is 11.3 Å². The summed E-state index contributed by atoms with van der Waals surface area (Å²) in [6.45, 7) is 2.07. The molecule has 2 aromatic rings. The van der Waals surface area contributed by atoms with Crippen LogP contribution in [0.3, 0.4) is 0 Å². The van der Waals surface area contributed by atoms with Crippen LogP contribution in [0.15, 0.2) is 28.2 Å². The lowest BCUT2D eigenvalue weighted by Crippen LogP contribution is -2.04. The zero-order valence-electron chi connectivity index (χ0n) is 10.0. The maximum atomic E-state index is 11.9. The van der Waals surface area contributed by atoms with Crippen LogP contribution >= 0.6 is 27.3 Å². The van der Waals surface area contributed by atoms with Crippen molar-refractivity contribution in [2.45, 2.75) is 6.92 Å². The van der Waals surface area contributed by atoms with Crippen molar-refractivity contribution in [2.24, 2.45) is 0 Å². The molecule has 0 aliphatic rings. The molecule has 0 saturated carbocycles. The van der Waals surface area contributed by atoms with Crippen LogP contribution in [0.4, 0.5) is 0 Å². The second-order valence-electron chi connectivity index (χ2n) is 3.56.